The molecule has 1 amide bonds. The van der Waals surface area contributed by atoms with Crippen molar-refractivity contribution in [1.82, 2.24) is 10.6 Å². The molecule has 4 heteroatoms. The van der Waals surface area contributed by atoms with Crippen molar-refractivity contribution in [3.63, 3.8) is 0 Å². The zero-order valence-corrected chi connectivity index (χ0v) is 12.0. The second-order valence-electron chi connectivity index (χ2n) is 4.20. The molecule has 0 saturated heterocycles. The van der Waals surface area contributed by atoms with E-state index < -0.39 is 0 Å². The lowest BCUT2D eigenvalue weighted by molar-refractivity contribution is -0.118. The summed E-state index contributed by atoms with van der Waals surface area (Å²) in [7, 11) is 0. The van der Waals surface area contributed by atoms with Gasteiger partial charge in [-0.25, -0.2) is 0 Å². The molecule has 0 radical (unpaired) electrons. The maximum Gasteiger partial charge on any atom is 0.230 e. The van der Waals surface area contributed by atoms with Crippen LogP contribution in [0.2, 0.25) is 0 Å². The molecule has 0 aliphatic heterocycles. The van der Waals surface area contributed by atoms with E-state index >= 15 is 0 Å². The Hall–Kier alpha value is -1.00. The molecule has 0 fully saturated rings. The van der Waals surface area contributed by atoms with Gasteiger partial charge in [-0.05, 0) is 32.0 Å². The van der Waals surface area contributed by atoms with E-state index in [4.69, 9.17) is 0 Å². The highest BCUT2D eigenvalue weighted by Gasteiger charge is 2.01. The second kappa shape index (κ2) is 9.00. The molecule has 0 aliphatic rings. The van der Waals surface area contributed by atoms with E-state index in [1.807, 2.05) is 0 Å². The Morgan fingerprint density at radius 1 is 1.17 bits per heavy atom. The van der Waals surface area contributed by atoms with Crippen LogP contribution in [0, 0.1) is 6.92 Å². The van der Waals surface area contributed by atoms with Gasteiger partial charge in [-0.1, -0.05) is 24.6 Å². The fraction of sp³-hybridized carbons (Fsp3) is 0.500. The van der Waals surface area contributed by atoms with Crippen molar-refractivity contribution >= 4 is 17.7 Å². The van der Waals surface area contributed by atoms with Crippen LogP contribution in [-0.2, 0) is 4.79 Å². The highest BCUT2D eigenvalue weighted by atomic mass is 32.2. The molecule has 0 aromatic heterocycles. The quantitative estimate of drug-likeness (QED) is 0.560. The van der Waals surface area contributed by atoms with Crippen molar-refractivity contribution in [2.24, 2.45) is 0 Å². The molecule has 3 nitrogen and oxygen atoms in total. The fourth-order valence-electron chi connectivity index (χ4n) is 1.43. The lowest BCUT2D eigenvalue weighted by Crippen LogP contribution is -2.33. The average molecular weight is 266 g/mol. The van der Waals surface area contributed by atoms with Gasteiger partial charge in [0.2, 0.25) is 5.91 Å². The summed E-state index contributed by atoms with van der Waals surface area (Å²) in [6.45, 7) is 6.74. The van der Waals surface area contributed by atoms with Crippen molar-refractivity contribution in [3.8, 4) is 0 Å². The van der Waals surface area contributed by atoms with Crippen LogP contribution < -0.4 is 10.6 Å². The first-order chi connectivity index (χ1) is 8.72. The van der Waals surface area contributed by atoms with Crippen molar-refractivity contribution in [2.45, 2.75) is 25.2 Å². The standard InChI is InChI=1S/C14H22N2OS/c1-3-8-15-9-10-16-14(17)11-18-13-6-4-12(2)5-7-13/h4-7,15H,3,8-11H2,1-2H3,(H,16,17). The molecular weight excluding hydrogens is 244 g/mol. The molecular formula is C14H22N2OS. The van der Waals surface area contributed by atoms with Crippen LogP contribution in [0.25, 0.3) is 0 Å². The van der Waals surface area contributed by atoms with Crippen molar-refractivity contribution in [1.29, 1.82) is 0 Å². The predicted molar refractivity (Wildman–Crippen MR) is 78.1 cm³/mol. The van der Waals surface area contributed by atoms with Gasteiger partial charge < -0.3 is 10.6 Å². The first-order valence-electron chi connectivity index (χ1n) is 6.39. The summed E-state index contributed by atoms with van der Waals surface area (Å²) in [6, 6.07) is 8.23. The first kappa shape index (κ1) is 15.1. The zero-order valence-electron chi connectivity index (χ0n) is 11.2. The summed E-state index contributed by atoms with van der Waals surface area (Å²) in [4.78, 5) is 12.7. The molecule has 1 aromatic carbocycles. The summed E-state index contributed by atoms with van der Waals surface area (Å²) in [5.74, 6) is 0.579. The van der Waals surface area contributed by atoms with Crippen LogP contribution >= 0.6 is 11.8 Å². The minimum Gasteiger partial charge on any atom is -0.354 e. The summed E-state index contributed by atoms with van der Waals surface area (Å²) >= 11 is 1.57. The minimum absolute atomic E-state index is 0.0962. The van der Waals surface area contributed by atoms with Crippen LogP contribution in [-0.4, -0.2) is 31.3 Å². The Bertz CT molecular complexity index is 351. The Labute approximate surface area is 114 Å². The topological polar surface area (TPSA) is 41.1 Å². The molecule has 0 aliphatic carbocycles. The zero-order chi connectivity index (χ0) is 13.2. The van der Waals surface area contributed by atoms with Gasteiger partial charge in [0, 0.05) is 18.0 Å². The van der Waals surface area contributed by atoms with Crippen molar-refractivity contribution in [2.75, 3.05) is 25.4 Å². The monoisotopic (exact) mass is 266 g/mol. The lowest BCUT2D eigenvalue weighted by Gasteiger charge is -2.06. The molecule has 0 spiro atoms. The summed E-state index contributed by atoms with van der Waals surface area (Å²) < 4.78 is 0. The first-order valence-corrected chi connectivity index (χ1v) is 7.38. The van der Waals surface area contributed by atoms with Gasteiger partial charge in [-0.2, -0.15) is 0 Å². The van der Waals surface area contributed by atoms with E-state index in [2.05, 4.69) is 48.7 Å². The number of amides is 1. The largest absolute Gasteiger partial charge is 0.354 e. The van der Waals surface area contributed by atoms with Crippen LogP contribution in [0.5, 0.6) is 0 Å². The van der Waals surface area contributed by atoms with Crippen LogP contribution in [0.1, 0.15) is 18.9 Å². The van der Waals surface area contributed by atoms with Gasteiger partial charge in [-0.15, -0.1) is 11.8 Å². The third kappa shape index (κ3) is 6.67. The molecule has 1 rings (SSSR count). The number of carbonyl (C=O) groups is 1. The predicted octanol–water partition coefficient (Wildman–Crippen LogP) is 2.20. The third-order valence-corrected chi connectivity index (χ3v) is 3.45. The smallest absolute Gasteiger partial charge is 0.230 e. The molecule has 0 heterocycles. The lowest BCUT2D eigenvalue weighted by atomic mass is 10.2. The molecule has 0 saturated carbocycles. The van der Waals surface area contributed by atoms with Gasteiger partial charge >= 0.3 is 0 Å². The van der Waals surface area contributed by atoms with E-state index in [1.54, 1.807) is 11.8 Å². The minimum atomic E-state index is 0.0962. The van der Waals surface area contributed by atoms with Gasteiger partial charge in [-0.3, -0.25) is 4.79 Å². The van der Waals surface area contributed by atoms with Gasteiger partial charge in [0.1, 0.15) is 0 Å². The number of aryl methyl sites for hydroxylation is 1. The molecule has 1 aromatic rings. The van der Waals surface area contributed by atoms with Crippen molar-refractivity contribution in [3.05, 3.63) is 29.8 Å². The van der Waals surface area contributed by atoms with E-state index in [1.165, 1.54) is 5.56 Å². The number of carbonyl (C=O) groups excluding carboxylic acids is 1. The third-order valence-electron chi connectivity index (χ3n) is 2.44. The Morgan fingerprint density at radius 3 is 2.56 bits per heavy atom. The molecule has 18 heavy (non-hydrogen) atoms. The van der Waals surface area contributed by atoms with E-state index in [0.717, 1.165) is 24.4 Å². The number of hydrogen-bond donors (Lipinski definition) is 2. The van der Waals surface area contributed by atoms with Crippen molar-refractivity contribution < 1.29 is 4.79 Å². The maximum atomic E-state index is 11.6. The Kier molecular flexibility index (Phi) is 7.53. The summed E-state index contributed by atoms with van der Waals surface area (Å²) in [5.41, 5.74) is 1.24. The normalized spacial score (nSPS) is 10.3. The van der Waals surface area contributed by atoms with Crippen LogP contribution in [0.15, 0.2) is 29.2 Å². The highest BCUT2D eigenvalue weighted by Crippen LogP contribution is 2.17. The molecule has 100 valence electrons. The van der Waals surface area contributed by atoms with E-state index in [-0.39, 0.29) is 5.91 Å². The molecule has 0 bridgehead atoms. The number of nitrogens with one attached hydrogen (secondary N) is 2. The number of benzene rings is 1. The second-order valence-corrected chi connectivity index (χ2v) is 5.25. The SMILES string of the molecule is CCCNCCNC(=O)CSc1ccc(C)cc1. The van der Waals surface area contributed by atoms with Gasteiger partial charge in [0.05, 0.1) is 5.75 Å². The molecule has 0 atom stereocenters. The number of hydrogen-bond acceptors (Lipinski definition) is 3. The Morgan fingerprint density at radius 2 is 1.89 bits per heavy atom. The highest BCUT2D eigenvalue weighted by molar-refractivity contribution is 8.00. The maximum absolute atomic E-state index is 11.6. The molecule has 0 unspecified atom stereocenters. The van der Waals surface area contributed by atoms with Crippen LogP contribution in [0.3, 0.4) is 0 Å². The van der Waals surface area contributed by atoms with Crippen LogP contribution in [0.4, 0.5) is 0 Å². The average Bonchev–Trinajstić information content (AvgIpc) is 2.38. The fourth-order valence-corrected chi connectivity index (χ4v) is 2.15. The summed E-state index contributed by atoms with van der Waals surface area (Å²) in [5, 5.41) is 6.15. The number of rotatable bonds is 8. The van der Waals surface area contributed by atoms with Gasteiger partial charge in [0.15, 0.2) is 0 Å². The Balaban J connectivity index is 2.11. The molecule has 2 N–H and O–H groups in total. The van der Waals surface area contributed by atoms with E-state index in [9.17, 15) is 4.79 Å². The summed E-state index contributed by atoms with van der Waals surface area (Å²) in [6.07, 6.45) is 1.12. The number of thioether (sulfide) groups is 1. The van der Waals surface area contributed by atoms with Gasteiger partial charge in [0.25, 0.3) is 0 Å². The van der Waals surface area contributed by atoms with E-state index in [0.29, 0.717) is 12.3 Å².